The fourth-order valence-electron chi connectivity index (χ4n) is 2.59. The van der Waals surface area contributed by atoms with E-state index in [0.717, 1.165) is 22.4 Å². The maximum atomic E-state index is 8.71. The fraction of sp³-hybridized carbons (Fsp3) is 0.250. The SMILES string of the molecule is N#CCCn1ncc2c(NCc3ccc4c(c3)OCO4)ncnc21. The number of hydrogen-bond donors (Lipinski definition) is 1. The quantitative estimate of drug-likeness (QED) is 0.768. The number of anilines is 1. The first-order valence-electron chi connectivity index (χ1n) is 7.51. The van der Waals surface area contributed by atoms with Gasteiger partial charge in [0.05, 0.1) is 30.6 Å². The van der Waals surface area contributed by atoms with Crippen LogP contribution in [0.5, 0.6) is 11.5 Å². The van der Waals surface area contributed by atoms with E-state index < -0.39 is 0 Å². The van der Waals surface area contributed by atoms with Gasteiger partial charge in [0.2, 0.25) is 6.79 Å². The number of hydrogen-bond acceptors (Lipinski definition) is 7. The van der Waals surface area contributed by atoms with E-state index in [1.807, 2.05) is 18.2 Å². The van der Waals surface area contributed by atoms with Gasteiger partial charge in [0, 0.05) is 6.54 Å². The van der Waals surface area contributed by atoms with Crippen LogP contribution in [0.15, 0.2) is 30.7 Å². The summed E-state index contributed by atoms with van der Waals surface area (Å²) in [4.78, 5) is 8.55. The van der Waals surface area contributed by atoms with Crippen LogP contribution in [0.4, 0.5) is 5.82 Å². The van der Waals surface area contributed by atoms with Crippen molar-refractivity contribution in [2.75, 3.05) is 12.1 Å². The molecule has 120 valence electrons. The highest BCUT2D eigenvalue weighted by Crippen LogP contribution is 2.32. The number of benzene rings is 1. The third kappa shape index (κ3) is 2.56. The summed E-state index contributed by atoms with van der Waals surface area (Å²) in [5.41, 5.74) is 1.77. The van der Waals surface area contributed by atoms with Gasteiger partial charge in [0.1, 0.15) is 12.1 Å². The van der Waals surface area contributed by atoms with Gasteiger partial charge in [0.15, 0.2) is 17.1 Å². The lowest BCUT2D eigenvalue weighted by atomic mass is 10.2. The van der Waals surface area contributed by atoms with Crippen LogP contribution < -0.4 is 14.8 Å². The summed E-state index contributed by atoms with van der Waals surface area (Å²) >= 11 is 0. The number of nitrogens with zero attached hydrogens (tertiary/aromatic N) is 5. The third-order valence-corrected chi connectivity index (χ3v) is 3.77. The molecule has 1 aromatic carbocycles. The molecule has 0 bridgehead atoms. The van der Waals surface area contributed by atoms with E-state index in [9.17, 15) is 0 Å². The molecule has 0 radical (unpaired) electrons. The standard InChI is InChI=1S/C16H14N6O2/c17-4-1-5-22-16-12(8-21-22)15(19-9-20-16)18-7-11-2-3-13-14(6-11)24-10-23-13/h2-3,6,8-9H,1,5,7,10H2,(H,18,19,20). The average molecular weight is 322 g/mol. The van der Waals surface area contributed by atoms with Crippen LogP contribution in [-0.2, 0) is 13.1 Å². The largest absolute Gasteiger partial charge is 0.454 e. The van der Waals surface area contributed by atoms with Crippen molar-refractivity contribution in [1.29, 1.82) is 5.26 Å². The summed E-state index contributed by atoms with van der Waals surface area (Å²) in [5.74, 6) is 2.23. The highest BCUT2D eigenvalue weighted by atomic mass is 16.7. The molecule has 1 aliphatic rings. The van der Waals surface area contributed by atoms with Crippen molar-refractivity contribution in [3.63, 3.8) is 0 Å². The smallest absolute Gasteiger partial charge is 0.231 e. The van der Waals surface area contributed by atoms with Gasteiger partial charge in [0.25, 0.3) is 0 Å². The van der Waals surface area contributed by atoms with E-state index in [-0.39, 0.29) is 6.79 Å². The van der Waals surface area contributed by atoms with E-state index in [1.165, 1.54) is 6.33 Å². The summed E-state index contributed by atoms with van der Waals surface area (Å²) < 4.78 is 12.4. The van der Waals surface area contributed by atoms with Crippen molar-refractivity contribution >= 4 is 16.9 Å². The highest BCUT2D eigenvalue weighted by molar-refractivity contribution is 5.86. The Hall–Kier alpha value is -3.34. The lowest BCUT2D eigenvalue weighted by Gasteiger charge is -2.07. The van der Waals surface area contributed by atoms with E-state index >= 15 is 0 Å². The third-order valence-electron chi connectivity index (χ3n) is 3.77. The first-order valence-corrected chi connectivity index (χ1v) is 7.51. The molecule has 0 saturated carbocycles. The van der Waals surface area contributed by atoms with Crippen LogP contribution in [0, 0.1) is 11.3 Å². The van der Waals surface area contributed by atoms with Crippen LogP contribution in [0.2, 0.25) is 0 Å². The molecule has 3 heterocycles. The molecule has 0 unspecified atom stereocenters. The Morgan fingerprint density at radius 2 is 2.17 bits per heavy atom. The summed E-state index contributed by atoms with van der Waals surface area (Å²) in [7, 11) is 0. The van der Waals surface area contributed by atoms with E-state index in [1.54, 1.807) is 10.9 Å². The first-order chi connectivity index (χ1) is 11.8. The minimum atomic E-state index is 0.265. The Bertz CT molecular complexity index is 930. The van der Waals surface area contributed by atoms with Gasteiger partial charge in [-0.3, -0.25) is 0 Å². The van der Waals surface area contributed by atoms with Gasteiger partial charge in [-0.1, -0.05) is 6.07 Å². The van der Waals surface area contributed by atoms with Crippen molar-refractivity contribution in [3.8, 4) is 17.6 Å². The number of ether oxygens (including phenoxy) is 2. The zero-order valence-electron chi connectivity index (χ0n) is 12.8. The fourth-order valence-corrected chi connectivity index (χ4v) is 2.59. The lowest BCUT2D eigenvalue weighted by molar-refractivity contribution is 0.174. The first kappa shape index (κ1) is 14.3. The molecule has 3 aromatic rings. The molecular formula is C16H14N6O2. The average Bonchev–Trinajstić information content (AvgIpc) is 3.24. The molecule has 8 nitrogen and oxygen atoms in total. The number of nitriles is 1. The van der Waals surface area contributed by atoms with Crippen LogP contribution in [0.1, 0.15) is 12.0 Å². The van der Waals surface area contributed by atoms with Crippen LogP contribution >= 0.6 is 0 Å². The van der Waals surface area contributed by atoms with E-state index in [2.05, 4.69) is 26.5 Å². The molecule has 0 aliphatic carbocycles. The van der Waals surface area contributed by atoms with Gasteiger partial charge in [-0.25, -0.2) is 14.6 Å². The molecule has 0 atom stereocenters. The number of nitrogens with one attached hydrogen (secondary N) is 1. The zero-order chi connectivity index (χ0) is 16.4. The second-order valence-corrected chi connectivity index (χ2v) is 5.28. The normalized spacial score (nSPS) is 12.3. The van der Waals surface area contributed by atoms with E-state index in [4.69, 9.17) is 14.7 Å². The number of aromatic nitrogens is 4. The van der Waals surface area contributed by atoms with Crippen LogP contribution in [0.25, 0.3) is 11.0 Å². The van der Waals surface area contributed by atoms with Gasteiger partial charge in [-0.2, -0.15) is 10.4 Å². The molecule has 1 aliphatic heterocycles. The maximum absolute atomic E-state index is 8.71. The van der Waals surface area contributed by atoms with E-state index in [0.29, 0.717) is 31.0 Å². The predicted molar refractivity (Wildman–Crippen MR) is 85.4 cm³/mol. The molecular weight excluding hydrogens is 308 g/mol. The second-order valence-electron chi connectivity index (χ2n) is 5.28. The minimum absolute atomic E-state index is 0.265. The minimum Gasteiger partial charge on any atom is -0.454 e. The second kappa shape index (κ2) is 6.04. The van der Waals surface area contributed by atoms with Gasteiger partial charge >= 0.3 is 0 Å². The lowest BCUT2D eigenvalue weighted by Crippen LogP contribution is -2.04. The molecule has 8 heteroatoms. The Morgan fingerprint density at radius 3 is 3.08 bits per heavy atom. The van der Waals surface area contributed by atoms with Crippen molar-refractivity contribution in [3.05, 3.63) is 36.3 Å². The molecule has 24 heavy (non-hydrogen) atoms. The van der Waals surface area contributed by atoms with Crippen molar-refractivity contribution in [1.82, 2.24) is 19.7 Å². The van der Waals surface area contributed by atoms with Crippen molar-refractivity contribution in [2.24, 2.45) is 0 Å². The summed E-state index contributed by atoms with van der Waals surface area (Å²) in [6, 6.07) is 7.94. The van der Waals surface area contributed by atoms with Crippen LogP contribution in [-0.4, -0.2) is 26.5 Å². The zero-order valence-corrected chi connectivity index (χ0v) is 12.8. The summed E-state index contributed by atoms with van der Waals surface area (Å²) in [6.45, 7) is 1.37. The number of fused-ring (bicyclic) bond motifs is 2. The Morgan fingerprint density at radius 1 is 1.25 bits per heavy atom. The highest BCUT2D eigenvalue weighted by Gasteiger charge is 2.14. The molecule has 1 N–H and O–H groups in total. The Balaban J connectivity index is 1.54. The summed E-state index contributed by atoms with van der Waals surface area (Å²) in [6.07, 6.45) is 3.60. The molecule has 0 fully saturated rings. The Kier molecular flexibility index (Phi) is 3.59. The molecule has 0 spiro atoms. The Labute approximate surface area is 137 Å². The molecule has 0 saturated heterocycles. The number of rotatable bonds is 5. The summed E-state index contributed by atoms with van der Waals surface area (Å²) in [5, 5.41) is 17.1. The van der Waals surface area contributed by atoms with Crippen molar-refractivity contribution in [2.45, 2.75) is 19.5 Å². The number of aryl methyl sites for hydroxylation is 1. The predicted octanol–water partition coefficient (Wildman–Crippen LogP) is 2.08. The van der Waals surface area contributed by atoms with Gasteiger partial charge in [-0.15, -0.1) is 0 Å². The molecule has 2 aromatic heterocycles. The van der Waals surface area contributed by atoms with Gasteiger partial charge in [-0.05, 0) is 17.7 Å². The molecule has 0 amide bonds. The molecule has 4 rings (SSSR count). The van der Waals surface area contributed by atoms with Gasteiger partial charge < -0.3 is 14.8 Å². The van der Waals surface area contributed by atoms with Crippen molar-refractivity contribution < 1.29 is 9.47 Å². The maximum Gasteiger partial charge on any atom is 0.231 e. The monoisotopic (exact) mass is 322 g/mol. The van der Waals surface area contributed by atoms with Crippen LogP contribution in [0.3, 0.4) is 0 Å². The topological polar surface area (TPSA) is 97.9 Å².